The molecule has 1 aliphatic heterocycles. The van der Waals surface area contributed by atoms with Crippen LogP contribution in [-0.2, 0) is 17.9 Å². The molecule has 4 rings (SSSR count). The molecule has 0 unspecified atom stereocenters. The van der Waals surface area contributed by atoms with E-state index in [1.165, 1.54) is 6.07 Å². The van der Waals surface area contributed by atoms with E-state index in [4.69, 9.17) is 0 Å². The van der Waals surface area contributed by atoms with Crippen LogP contribution in [0, 0.1) is 5.82 Å². The van der Waals surface area contributed by atoms with Gasteiger partial charge >= 0.3 is 0 Å². The van der Waals surface area contributed by atoms with E-state index >= 15 is 0 Å². The Balaban J connectivity index is 1.29. The molecule has 0 radical (unpaired) electrons. The number of hydrogen-bond acceptors (Lipinski definition) is 4. The number of carbonyl (C=O) groups is 1. The summed E-state index contributed by atoms with van der Waals surface area (Å²) in [5.41, 5.74) is 2.41. The first-order chi connectivity index (χ1) is 16.1. The zero-order valence-electron chi connectivity index (χ0n) is 18.6. The van der Waals surface area contributed by atoms with Crippen molar-refractivity contribution in [2.45, 2.75) is 13.1 Å². The van der Waals surface area contributed by atoms with Crippen molar-refractivity contribution in [2.75, 3.05) is 43.4 Å². The fraction of sp³-hybridized carbons (Fsp3) is 0.292. The second-order valence-corrected chi connectivity index (χ2v) is 7.78. The third kappa shape index (κ3) is 5.88. The minimum Gasteiger partial charge on any atom is -0.366 e. The number of rotatable bonds is 6. The number of benzene rings is 2. The highest BCUT2D eigenvalue weighted by Gasteiger charge is 2.21. The molecule has 1 amide bonds. The van der Waals surface area contributed by atoms with Crippen LogP contribution < -0.4 is 15.5 Å². The van der Waals surface area contributed by atoms with Gasteiger partial charge in [-0.2, -0.15) is 5.10 Å². The highest BCUT2D eigenvalue weighted by Crippen LogP contribution is 2.20. The van der Waals surface area contributed by atoms with E-state index in [1.807, 2.05) is 36.4 Å². The highest BCUT2D eigenvalue weighted by molar-refractivity contribution is 5.90. The van der Waals surface area contributed by atoms with Gasteiger partial charge < -0.3 is 20.4 Å². The third-order valence-electron chi connectivity index (χ3n) is 5.51. The standard InChI is InChI=1S/C24H28FN7O/c1-26-24(31-14-12-30(13-15-31)22-9-3-2-8-21(22)25)27-17-19-6-4-7-20(16-19)29-23(33)18-32-11-5-10-28-32/h2-11,16H,12-15,17-18H2,1H3,(H,26,27)(H,29,33). The van der Waals surface area contributed by atoms with E-state index in [-0.39, 0.29) is 18.3 Å². The first-order valence-corrected chi connectivity index (χ1v) is 10.9. The van der Waals surface area contributed by atoms with E-state index in [0.29, 0.717) is 12.2 Å². The number of nitrogens with zero attached hydrogens (tertiary/aromatic N) is 5. The molecule has 2 aromatic carbocycles. The average molecular weight is 450 g/mol. The number of halogens is 1. The molecular formula is C24H28FN7O. The van der Waals surface area contributed by atoms with Gasteiger partial charge in [0.25, 0.3) is 0 Å². The summed E-state index contributed by atoms with van der Waals surface area (Å²) in [5.74, 6) is 0.480. The Morgan fingerprint density at radius 2 is 1.91 bits per heavy atom. The van der Waals surface area contributed by atoms with Crippen LogP contribution in [0.5, 0.6) is 0 Å². The van der Waals surface area contributed by atoms with E-state index in [0.717, 1.165) is 43.4 Å². The molecule has 9 heteroatoms. The minimum absolute atomic E-state index is 0.132. The van der Waals surface area contributed by atoms with Crippen LogP contribution in [0.15, 0.2) is 72.0 Å². The normalized spacial score (nSPS) is 14.3. The number of piperazine rings is 1. The lowest BCUT2D eigenvalue weighted by atomic mass is 10.2. The Morgan fingerprint density at radius 1 is 1.09 bits per heavy atom. The summed E-state index contributed by atoms with van der Waals surface area (Å²) in [5, 5.41) is 10.4. The van der Waals surface area contributed by atoms with E-state index < -0.39 is 0 Å². The van der Waals surface area contributed by atoms with Crippen molar-refractivity contribution in [3.8, 4) is 0 Å². The van der Waals surface area contributed by atoms with Gasteiger partial charge in [0.05, 0.1) is 5.69 Å². The van der Waals surface area contributed by atoms with Crippen molar-refractivity contribution in [1.29, 1.82) is 0 Å². The molecule has 0 spiro atoms. The van der Waals surface area contributed by atoms with Crippen LogP contribution in [0.4, 0.5) is 15.8 Å². The molecule has 0 atom stereocenters. The Kier molecular flexibility index (Phi) is 7.19. The van der Waals surface area contributed by atoms with Crippen molar-refractivity contribution in [2.24, 2.45) is 4.99 Å². The van der Waals surface area contributed by atoms with Gasteiger partial charge in [0, 0.05) is 57.9 Å². The van der Waals surface area contributed by atoms with Gasteiger partial charge in [0.2, 0.25) is 5.91 Å². The molecule has 2 N–H and O–H groups in total. The molecular weight excluding hydrogens is 421 g/mol. The number of aliphatic imine (C=N–C) groups is 1. The Labute approximate surface area is 192 Å². The van der Waals surface area contributed by atoms with Crippen LogP contribution in [0.2, 0.25) is 0 Å². The number of amides is 1. The Morgan fingerprint density at radius 3 is 2.64 bits per heavy atom. The maximum atomic E-state index is 14.1. The van der Waals surface area contributed by atoms with Crippen molar-refractivity contribution in [3.05, 3.63) is 78.4 Å². The number of aromatic nitrogens is 2. The van der Waals surface area contributed by atoms with Gasteiger partial charge in [-0.15, -0.1) is 0 Å². The zero-order chi connectivity index (χ0) is 23.0. The van der Waals surface area contributed by atoms with Crippen LogP contribution in [-0.4, -0.2) is 59.8 Å². The Bertz CT molecular complexity index is 1090. The van der Waals surface area contributed by atoms with Crippen molar-refractivity contribution in [3.63, 3.8) is 0 Å². The van der Waals surface area contributed by atoms with E-state index in [1.54, 1.807) is 36.3 Å². The summed E-state index contributed by atoms with van der Waals surface area (Å²) in [4.78, 5) is 20.9. The molecule has 172 valence electrons. The minimum atomic E-state index is -0.190. The zero-order valence-corrected chi connectivity index (χ0v) is 18.6. The maximum Gasteiger partial charge on any atom is 0.246 e. The van der Waals surface area contributed by atoms with Crippen LogP contribution in [0.1, 0.15) is 5.56 Å². The molecule has 0 saturated carbocycles. The lowest BCUT2D eigenvalue weighted by Gasteiger charge is -2.37. The molecule has 1 aliphatic rings. The Hall–Kier alpha value is -3.88. The highest BCUT2D eigenvalue weighted by atomic mass is 19.1. The monoisotopic (exact) mass is 449 g/mol. The maximum absolute atomic E-state index is 14.1. The van der Waals surface area contributed by atoms with E-state index in [9.17, 15) is 9.18 Å². The second kappa shape index (κ2) is 10.6. The summed E-state index contributed by atoms with van der Waals surface area (Å²) in [7, 11) is 1.76. The van der Waals surface area contributed by atoms with Gasteiger partial charge in [0.1, 0.15) is 12.4 Å². The molecule has 0 aliphatic carbocycles. The first kappa shape index (κ1) is 22.3. The summed E-state index contributed by atoms with van der Waals surface area (Å²) in [6.07, 6.45) is 3.40. The van der Waals surface area contributed by atoms with Crippen LogP contribution >= 0.6 is 0 Å². The lowest BCUT2D eigenvalue weighted by molar-refractivity contribution is -0.116. The number of nitrogens with one attached hydrogen (secondary N) is 2. The number of anilines is 2. The van der Waals surface area contributed by atoms with E-state index in [2.05, 4.69) is 30.5 Å². The predicted molar refractivity (Wildman–Crippen MR) is 128 cm³/mol. The smallest absolute Gasteiger partial charge is 0.246 e. The summed E-state index contributed by atoms with van der Waals surface area (Å²) in [6.45, 7) is 3.68. The summed E-state index contributed by atoms with van der Waals surface area (Å²) >= 11 is 0. The summed E-state index contributed by atoms with van der Waals surface area (Å²) < 4.78 is 15.7. The lowest BCUT2D eigenvalue weighted by Crippen LogP contribution is -2.52. The predicted octanol–water partition coefficient (Wildman–Crippen LogP) is 2.56. The second-order valence-electron chi connectivity index (χ2n) is 7.78. The summed E-state index contributed by atoms with van der Waals surface area (Å²) in [6, 6.07) is 16.4. The number of carbonyl (C=O) groups excluding carboxylic acids is 1. The fourth-order valence-electron chi connectivity index (χ4n) is 3.88. The number of hydrogen-bond donors (Lipinski definition) is 2. The molecule has 2 heterocycles. The quantitative estimate of drug-likeness (QED) is 0.447. The van der Waals surface area contributed by atoms with Crippen molar-refractivity contribution in [1.82, 2.24) is 20.0 Å². The molecule has 3 aromatic rings. The fourth-order valence-corrected chi connectivity index (χ4v) is 3.88. The van der Waals surface area contributed by atoms with Gasteiger partial charge in [-0.1, -0.05) is 24.3 Å². The number of guanidine groups is 1. The average Bonchev–Trinajstić information content (AvgIpc) is 3.33. The van der Waals surface area contributed by atoms with Crippen molar-refractivity contribution < 1.29 is 9.18 Å². The largest absolute Gasteiger partial charge is 0.366 e. The third-order valence-corrected chi connectivity index (χ3v) is 5.51. The molecule has 1 aromatic heterocycles. The van der Waals surface area contributed by atoms with Crippen molar-refractivity contribution >= 4 is 23.2 Å². The molecule has 1 fully saturated rings. The van der Waals surface area contributed by atoms with Crippen LogP contribution in [0.25, 0.3) is 0 Å². The first-order valence-electron chi connectivity index (χ1n) is 10.9. The molecule has 0 bridgehead atoms. The topological polar surface area (TPSA) is 77.8 Å². The van der Waals surface area contributed by atoms with Gasteiger partial charge in [0.15, 0.2) is 5.96 Å². The molecule has 33 heavy (non-hydrogen) atoms. The van der Waals surface area contributed by atoms with Crippen LogP contribution in [0.3, 0.4) is 0 Å². The van der Waals surface area contributed by atoms with Gasteiger partial charge in [-0.3, -0.25) is 14.5 Å². The SMILES string of the molecule is CN=C(NCc1cccc(NC(=O)Cn2cccn2)c1)N1CCN(c2ccccc2F)CC1. The molecule has 8 nitrogen and oxygen atoms in total. The van der Waals surface area contributed by atoms with Gasteiger partial charge in [-0.25, -0.2) is 4.39 Å². The van der Waals surface area contributed by atoms with Gasteiger partial charge in [-0.05, 0) is 35.9 Å². The molecule has 1 saturated heterocycles. The number of para-hydroxylation sites is 1.